The molecule has 0 spiro atoms. The van der Waals surface area contributed by atoms with Crippen LogP contribution in [-0.4, -0.2) is 40.1 Å². The lowest BCUT2D eigenvalue weighted by atomic mass is 10.0. The predicted molar refractivity (Wildman–Crippen MR) is 75.1 cm³/mol. The topological polar surface area (TPSA) is 21.1 Å². The molecule has 5 heteroatoms. The maximum Gasteiger partial charge on any atom is 0.0821 e. The van der Waals surface area contributed by atoms with Gasteiger partial charge in [-0.25, -0.2) is 0 Å². The van der Waals surface area contributed by atoms with Crippen molar-refractivity contribution < 1.29 is 0 Å². The number of alkyl halides is 1. The summed E-state index contributed by atoms with van der Waals surface area (Å²) in [7, 11) is 4.15. The van der Waals surface area contributed by atoms with E-state index in [2.05, 4.69) is 44.7 Å². The molecule has 1 aliphatic rings. The smallest absolute Gasteiger partial charge is 0.0821 e. The van der Waals surface area contributed by atoms with E-state index in [0.717, 1.165) is 18.1 Å². The lowest BCUT2D eigenvalue weighted by Crippen LogP contribution is -2.21. The molecule has 0 aliphatic heterocycles. The molecule has 1 fully saturated rings. The summed E-state index contributed by atoms with van der Waals surface area (Å²) in [6.07, 6.45) is 5.50. The summed E-state index contributed by atoms with van der Waals surface area (Å²) in [6.45, 7) is 1.90. The van der Waals surface area contributed by atoms with E-state index in [4.69, 9.17) is 11.6 Å². The van der Waals surface area contributed by atoms with Crippen molar-refractivity contribution in [2.75, 3.05) is 20.6 Å². The van der Waals surface area contributed by atoms with Gasteiger partial charge in [-0.3, -0.25) is 4.68 Å². The second-order valence-corrected chi connectivity index (χ2v) is 6.54. The SMILES string of the molecule is CN(C)CCn1ncc(Cl)c1C1CCCC1Br. The Morgan fingerprint density at radius 3 is 2.88 bits per heavy atom. The van der Waals surface area contributed by atoms with Gasteiger partial charge < -0.3 is 4.90 Å². The Kier molecular flexibility index (Phi) is 4.50. The molecule has 0 radical (unpaired) electrons. The van der Waals surface area contributed by atoms with E-state index in [9.17, 15) is 0 Å². The minimum absolute atomic E-state index is 0.521. The number of halogens is 2. The Hall–Kier alpha value is -0.0600. The first-order valence-corrected chi connectivity index (χ1v) is 7.39. The van der Waals surface area contributed by atoms with Crippen LogP contribution in [0.25, 0.3) is 0 Å². The van der Waals surface area contributed by atoms with Gasteiger partial charge in [-0.1, -0.05) is 34.0 Å². The van der Waals surface area contributed by atoms with Crippen LogP contribution in [0.15, 0.2) is 6.20 Å². The second kappa shape index (κ2) is 5.72. The average molecular weight is 321 g/mol. The van der Waals surface area contributed by atoms with Crippen LogP contribution in [0.3, 0.4) is 0 Å². The van der Waals surface area contributed by atoms with Crippen LogP contribution >= 0.6 is 27.5 Å². The van der Waals surface area contributed by atoms with Crippen LogP contribution < -0.4 is 0 Å². The van der Waals surface area contributed by atoms with E-state index in [1.807, 2.05) is 0 Å². The normalized spacial score (nSPS) is 24.8. The molecule has 2 atom stereocenters. The van der Waals surface area contributed by atoms with E-state index >= 15 is 0 Å². The number of likely N-dealkylation sites (N-methyl/N-ethyl adjacent to an activating group) is 1. The van der Waals surface area contributed by atoms with E-state index < -0.39 is 0 Å². The molecule has 1 aromatic rings. The minimum atomic E-state index is 0.521. The van der Waals surface area contributed by atoms with Crippen molar-refractivity contribution in [2.45, 2.75) is 36.6 Å². The molecule has 17 heavy (non-hydrogen) atoms. The maximum absolute atomic E-state index is 6.29. The molecule has 1 aliphatic carbocycles. The fourth-order valence-corrected chi connectivity index (χ4v) is 3.56. The second-order valence-electron chi connectivity index (χ2n) is 4.96. The highest BCUT2D eigenvalue weighted by Crippen LogP contribution is 2.41. The highest BCUT2D eigenvalue weighted by molar-refractivity contribution is 9.09. The lowest BCUT2D eigenvalue weighted by Gasteiger charge is -2.18. The number of hydrogen-bond donors (Lipinski definition) is 0. The molecule has 0 amide bonds. The molecule has 2 rings (SSSR count). The molecular weight excluding hydrogens is 302 g/mol. The minimum Gasteiger partial charge on any atom is -0.308 e. The lowest BCUT2D eigenvalue weighted by molar-refractivity contribution is 0.366. The Bertz CT molecular complexity index is 378. The third-order valence-electron chi connectivity index (χ3n) is 3.38. The third kappa shape index (κ3) is 3.04. The van der Waals surface area contributed by atoms with Gasteiger partial charge in [-0.2, -0.15) is 5.10 Å². The molecular formula is C12H19BrClN3. The van der Waals surface area contributed by atoms with Crippen molar-refractivity contribution in [3.05, 3.63) is 16.9 Å². The fraction of sp³-hybridized carbons (Fsp3) is 0.750. The van der Waals surface area contributed by atoms with Crippen LogP contribution in [0, 0.1) is 0 Å². The third-order valence-corrected chi connectivity index (χ3v) is 4.76. The van der Waals surface area contributed by atoms with Gasteiger partial charge in [0.05, 0.1) is 23.5 Å². The van der Waals surface area contributed by atoms with E-state index in [1.54, 1.807) is 6.20 Å². The van der Waals surface area contributed by atoms with Crippen LogP contribution in [0.1, 0.15) is 30.9 Å². The van der Waals surface area contributed by atoms with Crippen LogP contribution in [0.5, 0.6) is 0 Å². The zero-order chi connectivity index (χ0) is 12.4. The number of rotatable bonds is 4. The van der Waals surface area contributed by atoms with E-state index in [0.29, 0.717) is 10.7 Å². The van der Waals surface area contributed by atoms with Crippen molar-refractivity contribution >= 4 is 27.5 Å². The van der Waals surface area contributed by atoms with Crippen molar-refractivity contribution in [1.82, 2.24) is 14.7 Å². The van der Waals surface area contributed by atoms with Crippen molar-refractivity contribution in [3.63, 3.8) is 0 Å². The van der Waals surface area contributed by atoms with Gasteiger partial charge in [0.15, 0.2) is 0 Å². The molecule has 1 heterocycles. The molecule has 3 nitrogen and oxygen atoms in total. The van der Waals surface area contributed by atoms with Crippen LogP contribution in [-0.2, 0) is 6.54 Å². The van der Waals surface area contributed by atoms with Gasteiger partial charge >= 0.3 is 0 Å². The standard InChI is InChI=1S/C12H19BrClN3/c1-16(2)6-7-17-12(11(14)8-15-17)9-4-3-5-10(9)13/h8-10H,3-7H2,1-2H3. The molecule has 0 N–H and O–H groups in total. The Morgan fingerprint density at radius 2 is 2.29 bits per heavy atom. The summed E-state index contributed by atoms with van der Waals surface area (Å²) in [4.78, 5) is 2.72. The Balaban J connectivity index is 2.17. The number of nitrogens with zero attached hydrogens (tertiary/aromatic N) is 3. The van der Waals surface area contributed by atoms with Crippen LogP contribution in [0.2, 0.25) is 5.02 Å². The summed E-state index contributed by atoms with van der Waals surface area (Å²) >= 11 is 10.1. The van der Waals surface area contributed by atoms with Crippen molar-refractivity contribution in [3.8, 4) is 0 Å². The summed E-state index contributed by atoms with van der Waals surface area (Å²) in [5.41, 5.74) is 1.22. The Morgan fingerprint density at radius 1 is 1.53 bits per heavy atom. The Labute approximate surface area is 116 Å². The molecule has 2 unspecified atom stereocenters. The summed E-state index contributed by atoms with van der Waals surface area (Å²) < 4.78 is 2.08. The molecule has 0 aromatic carbocycles. The number of aromatic nitrogens is 2. The zero-order valence-electron chi connectivity index (χ0n) is 10.4. The first-order valence-electron chi connectivity index (χ1n) is 6.09. The fourth-order valence-electron chi connectivity index (χ4n) is 2.44. The van der Waals surface area contributed by atoms with Gasteiger partial charge in [-0.15, -0.1) is 0 Å². The molecule has 1 saturated carbocycles. The molecule has 1 aromatic heterocycles. The number of hydrogen-bond acceptors (Lipinski definition) is 2. The predicted octanol–water partition coefficient (Wildman–Crippen LogP) is 3.13. The van der Waals surface area contributed by atoms with E-state index in [1.165, 1.54) is 25.0 Å². The van der Waals surface area contributed by atoms with Gasteiger partial charge in [0.25, 0.3) is 0 Å². The molecule has 0 saturated heterocycles. The summed E-state index contributed by atoms with van der Waals surface area (Å²) in [5, 5.41) is 5.22. The highest BCUT2D eigenvalue weighted by atomic mass is 79.9. The average Bonchev–Trinajstić information content (AvgIpc) is 2.82. The highest BCUT2D eigenvalue weighted by Gasteiger charge is 2.30. The first-order chi connectivity index (χ1) is 8.09. The van der Waals surface area contributed by atoms with Gasteiger partial charge in [0.2, 0.25) is 0 Å². The molecule has 96 valence electrons. The van der Waals surface area contributed by atoms with E-state index in [-0.39, 0.29) is 0 Å². The van der Waals surface area contributed by atoms with Crippen molar-refractivity contribution in [1.29, 1.82) is 0 Å². The van der Waals surface area contributed by atoms with Gasteiger partial charge in [0, 0.05) is 17.3 Å². The quantitative estimate of drug-likeness (QED) is 0.795. The summed E-state index contributed by atoms with van der Waals surface area (Å²) in [5.74, 6) is 0.521. The zero-order valence-corrected chi connectivity index (χ0v) is 12.7. The monoisotopic (exact) mass is 319 g/mol. The van der Waals surface area contributed by atoms with Gasteiger partial charge in [0.1, 0.15) is 0 Å². The first kappa shape index (κ1) is 13.4. The van der Waals surface area contributed by atoms with Crippen LogP contribution in [0.4, 0.5) is 0 Å². The van der Waals surface area contributed by atoms with Gasteiger partial charge in [-0.05, 0) is 26.9 Å². The summed E-state index contributed by atoms with van der Waals surface area (Å²) in [6, 6.07) is 0. The maximum atomic E-state index is 6.29. The van der Waals surface area contributed by atoms with Crippen molar-refractivity contribution in [2.24, 2.45) is 0 Å². The molecule has 0 bridgehead atoms. The largest absolute Gasteiger partial charge is 0.308 e.